The van der Waals surface area contributed by atoms with E-state index in [9.17, 15) is 4.79 Å². The molecule has 0 saturated carbocycles. The predicted octanol–water partition coefficient (Wildman–Crippen LogP) is 5.77. The van der Waals surface area contributed by atoms with E-state index in [0.29, 0.717) is 11.6 Å². The summed E-state index contributed by atoms with van der Waals surface area (Å²) in [5.41, 5.74) is 5.36. The molecule has 0 saturated heterocycles. The number of hydrazone groups is 1. The molecule has 5 nitrogen and oxygen atoms in total. The monoisotopic (exact) mass is 467 g/mol. The van der Waals surface area contributed by atoms with Crippen LogP contribution in [0.15, 0.2) is 82.2 Å². The third-order valence-corrected chi connectivity index (χ3v) is 6.61. The smallest absolute Gasteiger partial charge is 0.250 e. The molecular weight excluding hydrogens is 450 g/mol. The van der Waals surface area contributed by atoms with Crippen molar-refractivity contribution in [1.29, 1.82) is 0 Å². The van der Waals surface area contributed by atoms with Gasteiger partial charge in [-0.3, -0.25) is 4.79 Å². The van der Waals surface area contributed by atoms with E-state index in [1.165, 1.54) is 11.8 Å². The topological polar surface area (TPSA) is 63.6 Å². The maximum Gasteiger partial charge on any atom is 0.250 e. The first kappa shape index (κ1) is 21.4. The van der Waals surface area contributed by atoms with Gasteiger partial charge in [0.05, 0.1) is 22.2 Å². The summed E-state index contributed by atoms with van der Waals surface area (Å²) >= 11 is 8.88. The second-order valence-electron chi connectivity index (χ2n) is 6.52. The van der Waals surface area contributed by atoms with Crippen molar-refractivity contribution in [2.45, 2.75) is 10.9 Å². The summed E-state index contributed by atoms with van der Waals surface area (Å²) in [6.45, 7) is 0.442. The van der Waals surface area contributed by atoms with E-state index in [4.69, 9.17) is 16.3 Å². The molecule has 0 radical (unpaired) electrons. The van der Waals surface area contributed by atoms with Crippen molar-refractivity contribution in [3.05, 3.63) is 88.9 Å². The molecule has 0 spiro atoms. The van der Waals surface area contributed by atoms with E-state index >= 15 is 0 Å². The van der Waals surface area contributed by atoms with Crippen LogP contribution in [0.1, 0.15) is 11.1 Å². The minimum atomic E-state index is -0.185. The van der Waals surface area contributed by atoms with Crippen molar-refractivity contribution >= 4 is 57.0 Å². The van der Waals surface area contributed by atoms with E-state index in [0.717, 1.165) is 31.4 Å². The van der Waals surface area contributed by atoms with Gasteiger partial charge in [-0.15, -0.1) is 11.3 Å². The number of nitrogens with zero attached hydrogens (tertiary/aromatic N) is 2. The van der Waals surface area contributed by atoms with E-state index in [1.54, 1.807) is 17.6 Å². The van der Waals surface area contributed by atoms with Gasteiger partial charge in [-0.25, -0.2) is 10.4 Å². The molecule has 31 heavy (non-hydrogen) atoms. The van der Waals surface area contributed by atoms with E-state index < -0.39 is 0 Å². The number of thioether (sulfide) groups is 1. The van der Waals surface area contributed by atoms with Crippen LogP contribution in [0.4, 0.5) is 0 Å². The first-order valence-electron chi connectivity index (χ1n) is 9.43. The fraction of sp³-hybridized carbons (Fsp3) is 0.0870. The molecule has 1 aromatic heterocycles. The van der Waals surface area contributed by atoms with Crippen molar-refractivity contribution in [3.8, 4) is 5.75 Å². The summed E-state index contributed by atoms with van der Waals surface area (Å²) in [5, 5.41) is 4.74. The Morgan fingerprint density at radius 2 is 1.97 bits per heavy atom. The molecule has 0 aliphatic carbocycles. The number of carbonyl (C=O) groups excluding carboxylic acids is 1. The van der Waals surface area contributed by atoms with Crippen LogP contribution in [0.25, 0.3) is 10.2 Å². The molecule has 3 aromatic carbocycles. The molecule has 0 aliphatic heterocycles. The molecule has 4 rings (SSSR count). The van der Waals surface area contributed by atoms with Crippen LogP contribution in [-0.4, -0.2) is 22.9 Å². The van der Waals surface area contributed by atoms with Gasteiger partial charge in [0.15, 0.2) is 4.34 Å². The van der Waals surface area contributed by atoms with Crippen LogP contribution in [0.3, 0.4) is 0 Å². The van der Waals surface area contributed by atoms with Gasteiger partial charge in [0, 0.05) is 5.02 Å². The molecule has 1 amide bonds. The molecular formula is C23H18ClN3O2S2. The summed E-state index contributed by atoms with van der Waals surface area (Å²) < 4.78 is 7.79. The molecule has 4 aromatic rings. The van der Waals surface area contributed by atoms with Gasteiger partial charge >= 0.3 is 0 Å². The summed E-state index contributed by atoms with van der Waals surface area (Å²) in [6.07, 6.45) is 1.59. The van der Waals surface area contributed by atoms with Crippen LogP contribution in [0.5, 0.6) is 5.75 Å². The Morgan fingerprint density at radius 3 is 2.81 bits per heavy atom. The van der Waals surface area contributed by atoms with Crippen molar-refractivity contribution in [1.82, 2.24) is 10.4 Å². The number of amides is 1. The number of hydrogen-bond acceptors (Lipinski definition) is 6. The van der Waals surface area contributed by atoms with Gasteiger partial charge in [0.2, 0.25) is 0 Å². The highest BCUT2D eigenvalue weighted by molar-refractivity contribution is 8.01. The van der Waals surface area contributed by atoms with E-state index in [1.807, 2.05) is 72.8 Å². The lowest BCUT2D eigenvalue weighted by atomic mass is 10.2. The molecule has 0 bridgehead atoms. The first-order chi connectivity index (χ1) is 15.2. The number of carbonyl (C=O) groups is 1. The zero-order valence-electron chi connectivity index (χ0n) is 16.3. The zero-order valence-corrected chi connectivity index (χ0v) is 18.7. The highest BCUT2D eigenvalue weighted by Gasteiger charge is 2.07. The number of aromatic nitrogens is 1. The van der Waals surface area contributed by atoms with Crippen LogP contribution in [0, 0.1) is 0 Å². The molecule has 0 aliphatic rings. The molecule has 0 atom stereocenters. The zero-order chi connectivity index (χ0) is 21.5. The third kappa shape index (κ3) is 6.30. The Bertz CT molecular complexity index is 1180. The van der Waals surface area contributed by atoms with Crippen LogP contribution < -0.4 is 10.2 Å². The molecule has 0 unspecified atom stereocenters. The highest BCUT2D eigenvalue weighted by Crippen LogP contribution is 2.29. The van der Waals surface area contributed by atoms with Gasteiger partial charge in [0.25, 0.3) is 5.91 Å². The standard InChI is InChI=1S/C23H18ClN3O2S2/c24-18-10-8-16(9-11-18)14-29-19-5-3-4-17(12-19)13-25-27-22(28)15-30-23-26-20-6-1-2-7-21(20)31-23/h1-13H,14-15H2,(H,27,28)/b25-13+. The van der Waals surface area contributed by atoms with Crippen LogP contribution >= 0.6 is 34.7 Å². The number of ether oxygens (including phenoxy) is 1. The maximum absolute atomic E-state index is 12.1. The summed E-state index contributed by atoms with van der Waals surface area (Å²) in [5.74, 6) is 0.786. The van der Waals surface area contributed by atoms with Gasteiger partial charge in [0.1, 0.15) is 12.4 Å². The lowest BCUT2D eigenvalue weighted by Gasteiger charge is -2.07. The second kappa shape index (κ2) is 10.4. The van der Waals surface area contributed by atoms with Crippen LogP contribution in [-0.2, 0) is 11.4 Å². The average molecular weight is 468 g/mol. The fourth-order valence-electron chi connectivity index (χ4n) is 2.68. The fourth-order valence-corrected chi connectivity index (χ4v) is 4.67. The predicted molar refractivity (Wildman–Crippen MR) is 128 cm³/mol. The van der Waals surface area contributed by atoms with Crippen molar-refractivity contribution in [2.75, 3.05) is 5.75 Å². The minimum absolute atomic E-state index is 0.185. The quantitative estimate of drug-likeness (QED) is 0.203. The third-order valence-electron chi connectivity index (χ3n) is 4.18. The lowest BCUT2D eigenvalue weighted by Crippen LogP contribution is -2.19. The number of hydrogen-bond donors (Lipinski definition) is 1. The largest absolute Gasteiger partial charge is 0.489 e. The Hall–Kier alpha value is -2.87. The lowest BCUT2D eigenvalue weighted by molar-refractivity contribution is -0.118. The highest BCUT2D eigenvalue weighted by atomic mass is 35.5. The van der Waals surface area contributed by atoms with Gasteiger partial charge in [-0.1, -0.05) is 59.8 Å². The first-order valence-corrected chi connectivity index (χ1v) is 11.6. The Kier molecular flexibility index (Phi) is 7.19. The minimum Gasteiger partial charge on any atom is -0.489 e. The molecule has 156 valence electrons. The summed E-state index contributed by atoms with van der Waals surface area (Å²) in [7, 11) is 0. The summed E-state index contributed by atoms with van der Waals surface area (Å²) in [4.78, 5) is 16.6. The molecule has 8 heteroatoms. The molecule has 1 N–H and O–H groups in total. The Morgan fingerprint density at radius 1 is 1.13 bits per heavy atom. The molecule has 1 heterocycles. The number of nitrogens with one attached hydrogen (secondary N) is 1. The van der Waals surface area contributed by atoms with Gasteiger partial charge in [-0.05, 0) is 47.5 Å². The van der Waals surface area contributed by atoms with Gasteiger partial charge in [-0.2, -0.15) is 5.10 Å². The van der Waals surface area contributed by atoms with Crippen molar-refractivity contribution in [2.24, 2.45) is 5.10 Å². The molecule has 0 fully saturated rings. The number of para-hydroxylation sites is 1. The normalized spacial score (nSPS) is 11.1. The number of benzene rings is 3. The second-order valence-corrected chi connectivity index (χ2v) is 9.21. The van der Waals surface area contributed by atoms with Crippen LogP contribution in [0.2, 0.25) is 5.02 Å². The van der Waals surface area contributed by atoms with E-state index in [-0.39, 0.29) is 11.7 Å². The van der Waals surface area contributed by atoms with E-state index in [2.05, 4.69) is 15.5 Å². The summed E-state index contributed by atoms with van der Waals surface area (Å²) in [6, 6.07) is 22.9. The van der Waals surface area contributed by atoms with Crippen molar-refractivity contribution in [3.63, 3.8) is 0 Å². The van der Waals surface area contributed by atoms with Gasteiger partial charge < -0.3 is 4.74 Å². The Labute approximate surface area is 193 Å². The number of halogens is 1. The number of fused-ring (bicyclic) bond motifs is 1. The maximum atomic E-state index is 12.1. The van der Waals surface area contributed by atoms with Crippen molar-refractivity contribution < 1.29 is 9.53 Å². The number of rotatable bonds is 8. The Balaban J connectivity index is 1.25. The number of thiazole rings is 1. The average Bonchev–Trinajstić information content (AvgIpc) is 3.21. The SMILES string of the molecule is O=C(CSc1nc2ccccc2s1)N/N=C/c1cccc(OCc2ccc(Cl)cc2)c1.